The van der Waals surface area contributed by atoms with Gasteiger partial charge in [-0.3, -0.25) is 4.79 Å². The zero-order valence-electron chi connectivity index (χ0n) is 11.1. The predicted octanol–water partition coefficient (Wildman–Crippen LogP) is 0.907. The summed E-state index contributed by atoms with van der Waals surface area (Å²) in [5.74, 6) is 0.0139. The average Bonchev–Trinajstić information content (AvgIpc) is 2.62. The highest BCUT2D eigenvalue weighted by atomic mass is 16.2. The number of carbonyl (C=O) groups excluding carboxylic acids is 1. The molecule has 0 spiro atoms. The van der Waals surface area contributed by atoms with Gasteiger partial charge in [0.15, 0.2) is 0 Å². The number of imidazole rings is 1. The first-order chi connectivity index (χ1) is 7.92. The van der Waals surface area contributed by atoms with Gasteiger partial charge in [-0.2, -0.15) is 0 Å². The maximum atomic E-state index is 11.5. The third kappa shape index (κ3) is 4.99. The van der Waals surface area contributed by atoms with Gasteiger partial charge in [0.2, 0.25) is 5.91 Å². The second-order valence-electron chi connectivity index (χ2n) is 5.07. The fourth-order valence-electron chi connectivity index (χ4n) is 1.55. The minimum absolute atomic E-state index is 0.0139. The molecule has 1 aromatic rings. The number of nitrogens with one attached hydrogen (secondary N) is 2. The Hall–Kier alpha value is -1.36. The van der Waals surface area contributed by atoms with Gasteiger partial charge >= 0.3 is 0 Å². The number of rotatable bonds is 5. The summed E-state index contributed by atoms with van der Waals surface area (Å²) in [7, 11) is 0. The second-order valence-corrected chi connectivity index (χ2v) is 5.07. The first-order valence-electron chi connectivity index (χ1n) is 5.93. The van der Waals surface area contributed by atoms with Gasteiger partial charge in [0, 0.05) is 24.8 Å². The zero-order chi connectivity index (χ0) is 12.9. The van der Waals surface area contributed by atoms with Crippen LogP contribution in [0.5, 0.6) is 0 Å². The summed E-state index contributed by atoms with van der Waals surface area (Å²) < 4.78 is 2.05. The van der Waals surface area contributed by atoms with Crippen molar-refractivity contribution >= 4 is 5.91 Å². The van der Waals surface area contributed by atoms with Crippen molar-refractivity contribution in [1.82, 2.24) is 20.2 Å². The van der Waals surface area contributed by atoms with E-state index in [1.54, 1.807) is 6.33 Å². The monoisotopic (exact) mass is 238 g/mol. The van der Waals surface area contributed by atoms with E-state index < -0.39 is 0 Å². The van der Waals surface area contributed by atoms with Gasteiger partial charge in [-0.05, 0) is 27.7 Å². The molecule has 0 saturated carbocycles. The van der Waals surface area contributed by atoms with Crippen molar-refractivity contribution in [3.63, 3.8) is 0 Å². The molecular weight excluding hydrogens is 216 g/mol. The molecule has 0 bridgehead atoms. The van der Waals surface area contributed by atoms with Crippen LogP contribution in [-0.4, -0.2) is 27.5 Å². The number of aryl methyl sites for hydroxylation is 1. The van der Waals surface area contributed by atoms with Gasteiger partial charge in [-0.25, -0.2) is 4.98 Å². The first kappa shape index (κ1) is 13.7. The highest BCUT2D eigenvalue weighted by Gasteiger charge is 2.13. The first-order valence-corrected chi connectivity index (χ1v) is 5.93. The lowest BCUT2D eigenvalue weighted by molar-refractivity contribution is -0.121. The van der Waals surface area contributed by atoms with Crippen molar-refractivity contribution in [2.45, 2.75) is 46.3 Å². The molecule has 0 saturated heterocycles. The fourth-order valence-corrected chi connectivity index (χ4v) is 1.55. The SMILES string of the molecule is CCn1cncc1CNCC(=O)NC(C)(C)C. The molecule has 17 heavy (non-hydrogen) atoms. The minimum atomic E-state index is -0.177. The lowest BCUT2D eigenvalue weighted by Crippen LogP contribution is -2.44. The van der Waals surface area contributed by atoms with E-state index in [-0.39, 0.29) is 11.4 Å². The molecule has 0 aliphatic heterocycles. The molecular formula is C12H22N4O. The fraction of sp³-hybridized carbons (Fsp3) is 0.667. The van der Waals surface area contributed by atoms with Crippen LogP contribution in [0.1, 0.15) is 33.4 Å². The third-order valence-corrected chi connectivity index (χ3v) is 2.25. The van der Waals surface area contributed by atoms with Crippen molar-refractivity contribution < 1.29 is 4.79 Å². The van der Waals surface area contributed by atoms with Crippen LogP contribution in [0.4, 0.5) is 0 Å². The van der Waals surface area contributed by atoms with Crippen LogP contribution in [0.2, 0.25) is 0 Å². The standard InChI is InChI=1S/C12H22N4O/c1-5-16-9-14-7-10(16)6-13-8-11(17)15-12(2,3)4/h7,9,13H,5-6,8H2,1-4H3,(H,15,17). The Kier molecular flexibility index (Phi) is 4.69. The van der Waals surface area contributed by atoms with Gasteiger partial charge in [0.25, 0.3) is 0 Å². The normalized spacial score (nSPS) is 11.5. The molecule has 0 atom stereocenters. The smallest absolute Gasteiger partial charge is 0.234 e. The molecule has 1 amide bonds. The molecule has 0 unspecified atom stereocenters. The van der Waals surface area contributed by atoms with E-state index in [4.69, 9.17) is 0 Å². The van der Waals surface area contributed by atoms with E-state index >= 15 is 0 Å². The maximum Gasteiger partial charge on any atom is 0.234 e. The Balaban J connectivity index is 2.31. The molecule has 0 radical (unpaired) electrons. The third-order valence-electron chi connectivity index (χ3n) is 2.25. The maximum absolute atomic E-state index is 11.5. The summed E-state index contributed by atoms with van der Waals surface area (Å²) in [5.41, 5.74) is 0.917. The molecule has 1 rings (SSSR count). The summed E-state index contributed by atoms with van der Waals surface area (Å²) in [5, 5.41) is 6.02. The van der Waals surface area contributed by atoms with E-state index in [1.165, 1.54) is 0 Å². The topological polar surface area (TPSA) is 59.0 Å². The summed E-state index contributed by atoms with van der Waals surface area (Å²) in [6, 6.07) is 0. The predicted molar refractivity (Wildman–Crippen MR) is 67.5 cm³/mol. The number of carbonyl (C=O) groups is 1. The molecule has 0 aliphatic rings. The number of hydrogen-bond donors (Lipinski definition) is 2. The Labute approximate surface area is 103 Å². The molecule has 0 aromatic carbocycles. The molecule has 5 heteroatoms. The van der Waals surface area contributed by atoms with E-state index in [9.17, 15) is 4.79 Å². The molecule has 0 fully saturated rings. The van der Waals surface area contributed by atoms with Crippen molar-refractivity contribution in [3.8, 4) is 0 Å². The summed E-state index contributed by atoms with van der Waals surface area (Å²) in [6.07, 6.45) is 3.62. The lowest BCUT2D eigenvalue weighted by Gasteiger charge is -2.20. The Morgan fingerprint density at radius 3 is 2.76 bits per heavy atom. The van der Waals surface area contributed by atoms with Gasteiger partial charge < -0.3 is 15.2 Å². The molecule has 5 nitrogen and oxygen atoms in total. The summed E-state index contributed by atoms with van der Waals surface area (Å²) in [6.45, 7) is 9.85. The van der Waals surface area contributed by atoms with E-state index in [1.807, 2.05) is 27.0 Å². The largest absolute Gasteiger partial charge is 0.350 e. The highest BCUT2D eigenvalue weighted by Crippen LogP contribution is 1.99. The van der Waals surface area contributed by atoms with Crippen molar-refractivity contribution in [2.75, 3.05) is 6.54 Å². The van der Waals surface area contributed by atoms with Crippen molar-refractivity contribution in [1.29, 1.82) is 0 Å². The van der Waals surface area contributed by atoms with Crippen LogP contribution in [-0.2, 0) is 17.9 Å². The highest BCUT2D eigenvalue weighted by molar-refractivity contribution is 5.78. The quantitative estimate of drug-likeness (QED) is 0.801. The second kappa shape index (κ2) is 5.82. The molecule has 2 N–H and O–H groups in total. The number of aromatic nitrogens is 2. The van der Waals surface area contributed by atoms with Crippen LogP contribution in [0.15, 0.2) is 12.5 Å². The zero-order valence-corrected chi connectivity index (χ0v) is 11.1. The van der Waals surface area contributed by atoms with Gasteiger partial charge in [0.1, 0.15) is 0 Å². The molecule has 0 aliphatic carbocycles. The molecule has 1 aromatic heterocycles. The van der Waals surface area contributed by atoms with Gasteiger partial charge in [-0.15, -0.1) is 0 Å². The Bertz CT molecular complexity index is 365. The van der Waals surface area contributed by atoms with E-state index in [0.29, 0.717) is 13.1 Å². The molecule has 1 heterocycles. The number of amides is 1. The minimum Gasteiger partial charge on any atom is -0.350 e. The van der Waals surface area contributed by atoms with Crippen LogP contribution < -0.4 is 10.6 Å². The van der Waals surface area contributed by atoms with Gasteiger partial charge in [0.05, 0.1) is 18.6 Å². The van der Waals surface area contributed by atoms with Crippen molar-refractivity contribution in [3.05, 3.63) is 18.2 Å². The lowest BCUT2D eigenvalue weighted by atomic mass is 10.1. The van der Waals surface area contributed by atoms with Crippen LogP contribution >= 0.6 is 0 Å². The molecule has 96 valence electrons. The Morgan fingerprint density at radius 1 is 1.47 bits per heavy atom. The van der Waals surface area contributed by atoms with Crippen LogP contribution in [0.3, 0.4) is 0 Å². The Morgan fingerprint density at radius 2 is 2.18 bits per heavy atom. The van der Waals surface area contributed by atoms with Crippen LogP contribution in [0, 0.1) is 0 Å². The van der Waals surface area contributed by atoms with Gasteiger partial charge in [-0.1, -0.05) is 0 Å². The average molecular weight is 238 g/mol. The van der Waals surface area contributed by atoms with E-state index in [2.05, 4.69) is 27.1 Å². The number of hydrogen-bond acceptors (Lipinski definition) is 3. The van der Waals surface area contributed by atoms with Crippen molar-refractivity contribution in [2.24, 2.45) is 0 Å². The number of nitrogens with zero attached hydrogens (tertiary/aromatic N) is 2. The summed E-state index contributed by atoms with van der Waals surface area (Å²) in [4.78, 5) is 15.6. The van der Waals surface area contributed by atoms with Crippen LogP contribution in [0.25, 0.3) is 0 Å². The summed E-state index contributed by atoms with van der Waals surface area (Å²) >= 11 is 0. The van der Waals surface area contributed by atoms with E-state index in [0.717, 1.165) is 12.2 Å².